The van der Waals surface area contributed by atoms with E-state index in [0.29, 0.717) is 23.7 Å². The average molecular weight is 429 g/mol. The molecule has 0 atom stereocenters. The fourth-order valence-electron chi connectivity index (χ4n) is 3.74. The fraction of sp³-hybridized carbons (Fsp3) is 0.480. The van der Waals surface area contributed by atoms with E-state index >= 15 is 0 Å². The molecule has 1 aliphatic rings. The average Bonchev–Trinajstić information content (AvgIpc) is 2.73. The molecule has 1 fully saturated rings. The van der Waals surface area contributed by atoms with E-state index in [0.717, 1.165) is 36.9 Å². The van der Waals surface area contributed by atoms with E-state index in [1.807, 2.05) is 67.3 Å². The van der Waals surface area contributed by atoms with Crippen LogP contribution < -0.4 is 4.74 Å². The molecule has 4 nitrogen and oxygen atoms in total. The van der Waals surface area contributed by atoms with Gasteiger partial charge in [0.05, 0.1) is 6.10 Å². The molecule has 1 saturated heterocycles. The highest BCUT2D eigenvalue weighted by molar-refractivity contribution is 6.30. The number of carbonyl (C=O) groups excluding carboxylic acids is 1. The first kappa shape index (κ1) is 22.6. The third kappa shape index (κ3) is 6.75. The van der Waals surface area contributed by atoms with Crippen LogP contribution in [0, 0.1) is 5.92 Å². The van der Waals surface area contributed by atoms with E-state index in [-0.39, 0.29) is 12.0 Å². The summed E-state index contributed by atoms with van der Waals surface area (Å²) in [6.45, 7) is 10.7. The summed E-state index contributed by atoms with van der Waals surface area (Å²) < 4.78 is 5.71. The van der Waals surface area contributed by atoms with Crippen LogP contribution in [0.2, 0.25) is 5.02 Å². The van der Waals surface area contributed by atoms with Gasteiger partial charge in [-0.3, -0.25) is 4.79 Å². The number of hydrogen-bond donors (Lipinski definition) is 0. The predicted molar refractivity (Wildman–Crippen MR) is 123 cm³/mol. The second kappa shape index (κ2) is 10.8. The molecular weight excluding hydrogens is 396 g/mol. The minimum absolute atomic E-state index is 0.0476. The van der Waals surface area contributed by atoms with Crippen LogP contribution in [-0.2, 0) is 6.54 Å². The number of nitrogens with zero attached hydrogens (tertiary/aromatic N) is 2. The number of benzene rings is 2. The summed E-state index contributed by atoms with van der Waals surface area (Å²) in [7, 11) is 0. The summed E-state index contributed by atoms with van der Waals surface area (Å²) >= 11 is 6.03. The maximum atomic E-state index is 13.3. The van der Waals surface area contributed by atoms with Crippen molar-refractivity contribution in [3.05, 3.63) is 64.7 Å². The highest BCUT2D eigenvalue weighted by Gasteiger charge is 2.20. The number of ether oxygens (including phenoxy) is 1. The highest BCUT2D eigenvalue weighted by atomic mass is 35.5. The Balaban J connectivity index is 1.70. The lowest BCUT2D eigenvalue weighted by Crippen LogP contribution is -2.41. The standard InChI is InChI=1S/C25H33ClN2O2/c1-19(2)30-24-10-6-22(7-11-24)25(29)28(18-21-4-8-23(26)9-5-21)17-16-27-14-12-20(3)13-15-27/h4-11,19-20H,12-18H2,1-3H3. The first-order chi connectivity index (χ1) is 14.4. The van der Waals surface area contributed by atoms with Crippen LogP contribution in [0.5, 0.6) is 5.75 Å². The van der Waals surface area contributed by atoms with E-state index in [4.69, 9.17) is 16.3 Å². The Kier molecular flexibility index (Phi) is 8.17. The van der Waals surface area contributed by atoms with Gasteiger partial charge in [0.25, 0.3) is 5.91 Å². The number of carbonyl (C=O) groups is 1. The van der Waals surface area contributed by atoms with Crippen LogP contribution in [0.1, 0.15) is 49.5 Å². The summed E-state index contributed by atoms with van der Waals surface area (Å²) in [6, 6.07) is 15.2. The molecule has 0 N–H and O–H groups in total. The highest BCUT2D eigenvalue weighted by Crippen LogP contribution is 2.19. The topological polar surface area (TPSA) is 32.8 Å². The van der Waals surface area contributed by atoms with Gasteiger partial charge in [0, 0.05) is 30.2 Å². The lowest BCUT2D eigenvalue weighted by atomic mass is 9.99. The predicted octanol–water partition coefficient (Wildman–Crippen LogP) is 5.50. The third-order valence-electron chi connectivity index (χ3n) is 5.61. The minimum Gasteiger partial charge on any atom is -0.491 e. The van der Waals surface area contributed by atoms with Crippen LogP contribution in [-0.4, -0.2) is 48.0 Å². The Bertz CT molecular complexity index is 797. The van der Waals surface area contributed by atoms with Gasteiger partial charge in [0.1, 0.15) is 5.75 Å². The van der Waals surface area contributed by atoms with E-state index in [2.05, 4.69) is 11.8 Å². The van der Waals surface area contributed by atoms with Crippen molar-refractivity contribution in [3.63, 3.8) is 0 Å². The second-order valence-corrected chi connectivity index (χ2v) is 9.00. The number of halogens is 1. The Morgan fingerprint density at radius 3 is 2.33 bits per heavy atom. The number of hydrogen-bond acceptors (Lipinski definition) is 3. The lowest BCUT2D eigenvalue weighted by Gasteiger charge is -2.32. The monoisotopic (exact) mass is 428 g/mol. The van der Waals surface area contributed by atoms with Gasteiger partial charge in [-0.1, -0.05) is 30.7 Å². The fourth-order valence-corrected chi connectivity index (χ4v) is 3.87. The van der Waals surface area contributed by atoms with Crippen LogP contribution in [0.15, 0.2) is 48.5 Å². The van der Waals surface area contributed by atoms with Gasteiger partial charge in [-0.15, -0.1) is 0 Å². The second-order valence-electron chi connectivity index (χ2n) is 8.57. The molecule has 2 aromatic rings. The Labute approximate surface area is 185 Å². The van der Waals surface area contributed by atoms with Crippen molar-refractivity contribution in [1.29, 1.82) is 0 Å². The zero-order chi connectivity index (χ0) is 21.5. The summed E-state index contributed by atoms with van der Waals surface area (Å²) in [5.41, 5.74) is 1.77. The zero-order valence-corrected chi connectivity index (χ0v) is 19.1. The maximum Gasteiger partial charge on any atom is 0.254 e. The molecule has 5 heteroatoms. The number of rotatable bonds is 8. The first-order valence-electron chi connectivity index (χ1n) is 10.9. The molecular formula is C25H33ClN2O2. The molecule has 0 aromatic heterocycles. The van der Waals surface area contributed by atoms with Gasteiger partial charge in [-0.25, -0.2) is 0 Å². The molecule has 1 amide bonds. The molecule has 2 aromatic carbocycles. The molecule has 0 saturated carbocycles. The van der Waals surface area contributed by atoms with E-state index in [1.165, 1.54) is 12.8 Å². The van der Waals surface area contributed by atoms with Gasteiger partial charge < -0.3 is 14.5 Å². The minimum atomic E-state index is 0.0476. The Hall–Kier alpha value is -2.04. The molecule has 162 valence electrons. The van der Waals surface area contributed by atoms with Gasteiger partial charge in [-0.05, 0) is 87.7 Å². The van der Waals surface area contributed by atoms with Crippen LogP contribution in [0.25, 0.3) is 0 Å². The molecule has 0 radical (unpaired) electrons. The van der Waals surface area contributed by atoms with Crippen molar-refractivity contribution in [2.75, 3.05) is 26.2 Å². The molecule has 0 spiro atoms. The SMILES string of the molecule is CC1CCN(CCN(Cc2ccc(Cl)cc2)C(=O)c2ccc(OC(C)C)cc2)CC1. The molecule has 1 heterocycles. The molecule has 0 bridgehead atoms. The van der Waals surface area contributed by atoms with E-state index in [1.54, 1.807) is 0 Å². The Morgan fingerprint density at radius 1 is 1.10 bits per heavy atom. The van der Waals surface area contributed by atoms with Crippen molar-refractivity contribution in [3.8, 4) is 5.75 Å². The van der Waals surface area contributed by atoms with Crippen molar-refractivity contribution in [1.82, 2.24) is 9.80 Å². The summed E-state index contributed by atoms with van der Waals surface area (Å²) in [6.07, 6.45) is 2.59. The van der Waals surface area contributed by atoms with Crippen molar-refractivity contribution < 1.29 is 9.53 Å². The van der Waals surface area contributed by atoms with Crippen molar-refractivity contribution in [2.45, 2.75) is 46.3 Å². The van der Waals surface area contributed by atoms with E-state index < -0.39 is 0 Å². The van der Waals surface area contributed by atoms with Gasteiger partial charge >= 0.3 is 0 Å². The van der Waals surface area contributed by atoms with Crippen molar-refractivity contribution >= 4 is 17.5 Å². The maximum absolute atomic E-state index is 13.3. The number of likely N-dealkylation sites (tertiary alicyclic amines) is 1. The number of amides is 1. The number of piperidine rings is 1. The zero-order valence-electron chi connectivity index (χ0n) is 18.3. The largest absolute Gasteiger partial charge is 0.491 e. The van der Waals surface area contributed by atoms with Gasteiger partial charge in [0.2, 0.25) is 0 Å². The van der Waals surface area contributed by atoms with Gasteiger partial charge in [-0.2, -0.15) is 0 Å². The first-order valence-corrected chi connectivity index (χ1v) is 11.3. The molecule has 0 unspecified atom stereocenters. The molecule has 1 aliphatic heterocycles. The normalized spacial score (nSPS) is 15.4. The summed E-state index contributed by atoms with van der Waals surface area (Å²) in [5.74, 6) is 1.64. The van der Waals surface area contributed by atoms with Gasteiger partial charge in [0.15, 0.2) is 0 Å². The summed E-state index contributed by atoms with van der Waals surface area (Å²) in [4.78, 5) is 17.7. The van der Waals surface area contributed by atoms with E-state index in [9.17, 15) is 4.79 Å². The molecule has 30 heavy (non-hydrogen) atoms. The quantitative estimate of drug-likeness (QED) is 0.556. The summed E-state index contributed by atoms with van der Waals surface area (Å²) in [5, 5.41) is 0.708. The lowest BCUT2D eigenvalue weighted by molar-refractivity contribution is 0.0709. The van der Waals surface area contributed by atoms with Crippen LogP contribution in [0.4, 0.5) is 0 Å². The smallest absolute Gasteiger partial charge is 0.254 e. The van der Waals surface area contributed by atoms with Crippen molar-refractivity contribution in [2.24, 2.45) is 5.92 Å². The van der Waals surface area contributed by atoms with Crippen LogP contribution in [0.3, 0.4) is 0 Å². The third-order valence-corrected chi connectivity index (χ3v) is 5.86. The Morgan fingerprint density at radius 2 is 1.73 bits per heavy atom. The molecule has 3 rings (SSSR count). The molecule has 0 aliphatic carbocycles. The van der Waals surface area contributed by atoms with Crippen LogP contribution >= 0.6 is 11.6 Å².